The van der Waals surface area contributed by atoms with E-state index in [0.717, 1.165) is 24.3 Å². The standard InChI is InChI=1S/C15H18N2.3C2H6/c1-2-12-16-13-8-10-15(11-9-13)17-14-6-4-3-5-7-14;3*1-2/h3-11,16-17H,2,12H2,1H3;3*1-2H3. The number of hydrogen-bond acceptors (Lipinski definition) is 2. The van der Waals surface area contributed by atoms with E-state index in [4.69, 9.17) is 0 Å². The van der Waals surface area contributed by atoms with Gasteiger partial charge in [0, 0.05) is 23.6 Å². The first-order chi connectivity index (χ1) is 11.4. The van der Waals surface area contributed by atoms with Gasteiger partial charge < -0.3 is 10.6 Å². The fraction of sp³-hybridized carbons (Fsp3) is 0.429. The minimum atomic E-state index is 1.02. The zero-order valence-electron chi connectivity index (χ0n) is 16.1. The van der Waals surface area contributed by atoms with E-state index in [1.54, 1.807) is 0 Å². The van der Waals surface area contributed by atoms with Gasteiger partial charge >= 0.3 is 0 Å². The normalized spacial score (nSPS) is 8.13. The van der Waals surface area contributed by atoms with Crippen LogP contribution in [-0.2, 0) is 0 Å². The molecule has 2 heteroatoms. The molecular weight excluding hydrogens is 280 g/mol. The van der Waals surface area contributed by atoms with Gasteiger partial charge in [0.2, 0.25) is 0 Å². The lowest BCUT2D eigenvalue weighted by Gasteiger charge is -2.08. The van der Waals surface area contributed by atoms with Crippen molar-refractivity contribution in [2.75, 3.05) is 17.2 Å². The largest absolute Gasteiger partial charge is 0.385 e. The Labute approximate surface area is 144 Å². The number of para-hydroxylation sites is 1. The highest BCUT2D eigenvalue weighted by Gasteiger charge is 1.94. The van der Waals surface area contributed by atoms with Gasteiger partial charge in [-0.15, -0.1) is 0 Å². The van der Waals surface area contributed by atoms with Gasteiger partial charge in [-0.2, -0.15) is 0 Å². The highest BCUT2D eigenvalue weighted by molar-refractivity contribution is 5.62. The summed E-state index contributed by atoms with van der Waals surface area (Å²) in [5, 5.41) is 6.72. The summed E-state index contributed by atoms with van der Waals surface area (Å²) in [5.74, 6) is 0. The second-order valence-electron chi connectivity index (χ2n) is 4.00. The van der Waals surface area contributed by atoms with Gasteiger partial charge in [0.25, 0.3) is 0 Å². The van der Waals surface area contributed by atoms with E-state index in [2.05, 4.69) is 54.0 Å². The van der Waals surface area contributed by atoms with E-state index >= 15 is 0 Å². The highest BCUT2D eigenvalue weighted by Crippen LogP contribution is 2.18. The van der Waals surface area contributed by atoms with Gasteiger partial charge in [-0.05, 0) is 42.8 Å². The van der Waals surface area contributed by atoms with E-state index in [1.807, 2.05) is 59.7 Å². The third-order valence-electron chi connectivity index (χ3n) is 2.53. The lowest BCUT2D eigenvalue weighted by molar-refractivity contribution is 0.980. The molecule has 130 valence electrons. The Morgan fingerprint density at radius 2 is 1.04 bits per heavy atom. The summed E-state index contributed by atoms with van der Waals surface area (Å²) in [5.41, 5.74) is 3.39. The van der Waals surface area contributed by atoms with E-state index in [9.17, 15) is 0 Å². The average molecular weight is 317 g/mol. The monoisotopic (exact) mass is 316 g/mol. The second-order valence-corrected chi connectivity index (χ2v) is 4.00. The van der Waals surface area contributed by atoms with Gasteiger partial charge in [-0.3, -0.25) is 0 Å². The molecule has 23 heavy (non-hydrogen) atoms. The molecule has 0 fully saturated rings. The Bertz CT molecular complexity index is 435. The maximum atomic E-state index is 3.36. The van der Waals surface area contributed by atoms with Crippen molar-refractivity contribution < 1.29 is 0 Å². The molecule has 2 rings (SSSR count). The third kappa shape index (κ3) is 11.3. The fourth-order valence-electron chi connectivity index (χ4n) is 1.63. The van der Waals surface area contributed by atoms with E-state index in [0.29, 0.717) is 0 Å². The molecule has 0 radical (unpaired) electrons. The summed E-state index contributed by atoms with van der Waals surface area (Å²) in [4.78, 5) is 0. The molecule has 0 amide bonds. The minimum absolute atomic E-state index is 1.02. The predicted molar refractivity (Wildman–Crippen MR) is 109 cm³/mol. The molecule has 2 aromatic rings. The van der Waals surface area contributed by atoms with Crippen LogP contribution in [0.3, 0.4) is 0 Å². The van der Waals surface area contributed by atoms with Gasteiger partial charge in [0.15, 0.2) is 0 Å². The van der Waals surface area contributed by atoms with Gasteiger partial charge in [0.05, 0.1) is 0 Å². The lowest BCUT2D eigenvalue weighted by atomic mass is 10.2. The van der Waals surface area contributed by atoms with Crippen LogP contribution in [0.1, 0.15) is 54.9 Å². The van der Waals surface area contributed by atoms with Crippen molar-refractivity contribution in [1.82, 2.24) is 0 Å². The molecule has 0 saturated heterocycles. The summed E-state index contributed by atoms with van der Waals surface area (Å²) in [6.45, 7) is 15.2. The highest BCUT2D eigenvalue weighted by atomic mass is 14.9. The second kappa shape index (κ2) is 18.1. The number of nitrogens with one attached hydrogen (secondary N) is 2. The Balaban J connectivity index is 0. The Kier molecular flexibility index (Phi) is 18.3. The molecule has 0 aromatic heterocycles. The van der Waals surface area contributed by atoms with Crippen molar-refractivity contribution in [3.8, 4) is 0 Å². The molecule has 2 N–H and O–H groups in total. The first-order valence-corrected chi connectivity index (χ1v) is 9.04. The van der Waals surface area contributed by atoms with Crippen LogP contribution in [-0.4, -0.2) is 6.54 Å². The zero-order chi connectivity index (χ0) is 17.9. The van der Waals surface area contributed by atoms with E-state index in [-0.39, 0.29) is 0 Å². The van der Waals surface area contributed by atoms with Gasteiger partial charge in [-0.25, -0.2) is 0 Å². The van der Waals surface area contributed by atoms with Gasteiger partial charge in [-0.1, -0.05) is 66.7 Å². The Hall–Kier alpha value is -1.96. The van der Waals surface area contributed by atoms with Crippen LogP contribution in [0.4, 0.5) is 17.1 Å². The molecule has 0 heterocycles. The Morgan fingerprint density at radius 1 is 0.609 bits per heavy atom. The van der Waals surface area contributed by atoms with E-state index < -0.39 is 0 Å². The predicted octanol–water partition coefficient (Wildman–Crippen LogP) is 7.33. The first-order valence-electron chi connectivity index (χ1n) is 9.04. The van der Waals surface area contributed by atoms with Crippen LogP contribution in [0.25, 0.3) is 0 Å². The number of rotatable bonds is 5. The molecule has 0 saturated carbocycles. The summed E-state index contributed by atoms with van der Waals surface area (Å²) < 4.78 is 0. The quantitative estimate of drug-likeness (QED) is 0.603. The molecule has 0 spiro atoms. The third-order valence-corrected chi connectivity index (χ3v) is 2.53. The maximum Gasteiger partial charge on any atom is 0.0385 e. The van der Waals surface area contributed by atoms with E-state index in [1.165, 1.54) is 5.69 Å². The lowest BCUT2D eigenvalue weighted by Crippen LogP contribution is -1.99. The molecule has 2 aromatic carbocycles. The molecule has 0 aliphatic carbocycles. The summed E-state index contributed by atoms with van der Waals surface area (Å²) in [6, 6.07) is 18.6. The van der Waals surface area contributed by atoms with Crippen molar-refractivity contribution in [1.29, 1.82) is 0 Å². The van der Waals surface area contributed by atoms with Crippen LogP contribution in [0.15, 0.2) is 54.6 Å². The molecule has 0 aliphatic heterocycles. The number of anilines is 3. The molecule has 0 bridgehead atoms. The first kappa shape index (κ1) is 23.3. The topological polar surface area (TPSA) is 24.1 Å². The average Bonchev–Trinajstić information content (AvgIpc) is 2.67. The van der Waals surface area contributed by atoms with Gasteiger partial charge in [0.1, 0.15) is 0 Å². The fourth-order valence-corrected chi connectivity index (χ4v) is 1.63. The number of hydrogen-bond donors (Lipinski definition) is 2. The van der Waals surface area contributed by atoms with Crippen LogP contribution in [0, 0.1) is 0 Å². The van der Waals surface area contributed by atoms with Crippen molar-refractivity contribution in [3.05, 3.63) is 54.6 Å². The minimum Gasteiger partial charge on any atom is -0.385 e. The van der Waals surface area contributed by atoms with Crippen LogP contribution >= 0.6 is 0 Å². The maximum absolute atomic E-state index is 3.36. The van der Waals surface area contributed by atoms with Crippen molar-refractivity contribution in [3.63, 3.8) is 0 Å². The summed E-state index contributed by atoms with van der Waals surface area (Å²) in [7, 11) is 0. The zero-order valence-corrected chi connectivity index (χ0v) is 16.1. The van der Waals surface area contributed by atoms with Crippen molar-refractivity contribution in [2.45, 2.75) is 54.9 Å². The van der Waals surface area contributed by atoms with Crippen molar-refractivity contribution in [2.24, 2.45) is 0 Å². The van der Waals surface area contributed by atoms with Crippen LogP contribution < -0.4 is 10.6 Å². The molecule has 0 unspecified atom stereocenters. The Morgan fingerprint density at radius 3 is 1.52 bits per heavy atom. The van der Waals surface area contributed by atoms with Crippen LogP contribution in [0.2, 0.25) is 0 Å². The number of benzene rings is 2. The molecule has 0 aliphatic rings. The SMILES string of the molecule is CC.CC.CC.CCCNc1ccc(Nc2ccccc2)cc1. The van der Waals surface area contributed by atoms with Crippen molar-refractivity contribution >= 4 is 17.1 Å². The smallest absolute Gasteiger partial charge is 0.0385 e. The molecule has 2 nitrogen and oxygen atoms in total. The summed E-state index contributed by atoms with van der Waals surface area (Å²) in [6.07, 6.45) is 1.14. The molecular formula is C21H36N2. The summed E-state index contributed by atoms with van der Waals surface area (Å²) >= 11 is 0. The molecule has 0 atom stereocenters. The van der Waals surface area contributed by atoms with Crippen LogP contribution in [0.5, 0.6) is 0 Å².